The summed E-state index contributed by atoms with van der Waals surface area (Å²) in [5.41, 5.74) is 0.477. The van der Waals surface area contributed by atoms with Crippen LogP contribution in [0.15, 0.2) is 22.9 Å². The van der Waals surface area contributed by atoms with Crippen LogP contribution >= 0.6 is 28.3 Å². The average molecular weight is 278 g/mol. The largest absolute Gasteiger partial charge is 0.476 e. The number of carbonyl (C=O) groups is 1. The van der Waals surface area contributed by atoms with Gasteiger partial charge in [-0.2, -0.15) is 5.10 Å². The molecule has 7 heteroatoms. The van der Waals surface area contributed by atoms with Crippen LogP contribution in [-0.4, -0.2) is 25.7 Å². The number of imidazole rings is 1. The second kappa shape index (κ2) is 3.93. The highest BCUT2D eigenvalue weighted by atomic mass is 79.9. The van der Waals surface area contributed by atoms with Crippen molar-refractivity contribution in [1.82, 2.24) is 14.6 Å². The van der Waals surface area contributed by atoms with Crippen molar-refractivity contribution < 1.29 is 9.90 Å². The summed E-state index contributed by atoms with van der Waals surface area (Å²) in [6.07, 6.45) is 1.56. The molecule has 2 rings (SSSR count). The maximum atomic E-state index is 10.7. The normalized spacial score (nSPS) is 9.79. The number of carboxylic acids is 1. The van der Waals surface area contributed by atoms with Crippen molar-refractivity contribution in [3.63, 3.8) is 0 Å². The maximum absolute atomic E-state index is 10.7. The summed E-state index contributed by atoms with van der Waals surface area (Å²) < 4.78 is 1.78. The number of aromatic carboxylic acids is 1. The molecule has 0 fully saturated rings. The second-order valence-corrected chi connectivity index (χ2v) is 3.10. The Balaban J connectivity index is 0.000000980. The molecular formula is C7H5BrClN3O2. The van der Waals surface area contributed by atoms with Crippen LogP contribution in [0.4, 0.5) is 0 Å². The molecule has 0 saturated heterocycles. The molecule has 0 amide bonds. The number of nitrogens with zero attached hydrogens (tertiary/aromatic N) is 3. The fourth-order valence-corrected chi connectivity index (χ4v) is 1.53. The highest BCUT2D eigenvalue weighted by Gasteiger charge is 2.15. The molecule has 0 aliphatic rings. The average Bonchev–Trinajstić information content (AvgIpc) is 2.45. The molecule has 14 heavy (non-hydrogen) atoms. The number of fused-ring (bicyclic) bond motifs is 1. The molecule has 0 unspecified atom stereocenters. The van der Waals surface area contributed by atoms with Crippen LogP contribution in [0.2, 0.25) is 0 Å². The van der Waals surface area contributed by atoms with Crippen molar-refractivity contribution in [2.75, 3.05) is 0 Å². The number of aromatic nitrogens is 3. The van der Waals surface area contributed by atoms with E-state index in [1.165, 1.54) is 4.52 Å². The molecule has 0 aromatic carbocycles. The highest BCUT2D eigenvalue weighted by molar-refractivity contribution is 9.10. The van der Waals surface area contributed by atoms with Gasteiger partial charge in [0.05, 0.1) is 0 Å². The molecule has 0 saturated carbocycles. The topological polar surface area (TPSA) is 67.5 Å². The summed E-state index contributed by atoms with van der Waals surface area (Å²) in [5, 5.41) is 12.7. The quantitative estimate of drug-likeness (QED) is 0.860. The van der Waals surface area contributed by atoms with E-state index in [0.717, 1.165) is 0 Å². The molecule has 0 aliphatic heterocycles. The first kappa shape index (κ1) is 10.9. The number of carboxylic acid groups (broad SMARTS) is 1. The Morgan fingerprint density at radius 2 is 2.29 bits per heavy atom. The molecule has 0 radical (unpaired) electrons. The van der Waals surface area contributed by atoms with Crippen LogP contribution in [0.5, 0.6) is 0 Å². The minimum absolute atomic E-state index is 0. The van der Waals surface area contributed by atoms with E-state index in [4.69, 9.17) is 5.11 Å². The zero-order valence-corrected chi connectivity index (χ0v) is 9.12. The SMILES string of the molecule is Cl.O=C(O)c1nc2cccnn2c1Br. The first-order valence-electron chi connectivity index (χ1n) is 3.42. The Morgan fingerprint density at radius 1 is 1.57 bits per heavy atom. The lowest BCUT2D eigenvalue weighted by Gasteiger charge is -1.90. The fourth-order valence-electron chi connectivity index (χ4n) is 0.997. The summed E-state index contributed by atoms with van der Waals surface area (Å²) in [7, 11) is 0. The van der Waals surface area contributed by atoms with Gasteiger partial charge in [-0.1, -0.05) is 0 Å². The van der Waals surface area contributed by atoms with Gasteiger partial charge in [0, 0.05) is 6.20 Å². The zero-order chi connectivity index (χ0) is 9.42. The van der Waals surface area contributed by atoms with E-state index >= 15 is 0 Å². The predicted octanol–water partition coefficient (Wildman–Crippen LogP) is 1.61. The molecular weight excluding hydrogens is 273 g/mol. The Morgan fingerprint density at radius 3 is 2.86 bits per heavy atom. The van der Waals surface area contributed by atoms with Gasteiger partial charge in [0.15, 0.2) is 11.3 Å². The first-order valence-corrected chi connectivity index (χ1v) is 4.22. The Labute approximate surface area is 93.3 Å². The molecule has 5 nitrogen and oxygen atoms in total. The minimum atomic E-state index is -1.07. The van der Waals surface area contributed by atoms with Gasteiger partial charge in [0.1, 0.15) is 4.60 Å². The lowest BCUT2D eigenvalue weighted by molar-refractivity contribution is 0.0690. The van der Waals surface area contributed by atoms with Gasteiger partial charge in [0.2, 0.25) is 0 Å². The van der Waals surface area contributed by atoms with Crippen LogP contribution < -0.4 is 0 Å². The van der Waals surface area contributed by atoms with E-state index in [-0.39, 0.29) is 18.1 Å². The highest BCUT2D eigenvalue weighted by Crippen LogP contribution is 2.16. The molecule has 74 valence electrons. The van der Waals surface area contributed by atoms with Crippen LogP contribution in [0, 0.1) is 0 Å². The van der Waals surface area contributed by atoms with Crippen LogP contribution in [-0.2, 0) is 0 Å². The first-order chi connectivity index (χ1) is 6.20. The van der Waals surface area contributed by atoms with E-state index in [1.54, 1.807) is 18.3 Å². The molecule has 0 aliphatic carbocycles. The van der Waals surface area contributed by atoms with Gasteiger partial charge in [-0.3, -0.25) is 0 Å². The fraction of sp³-hybridized carbons (Fsp3) is 0. The van der Waals surface area contributed by atoms with E-state index in [9.17, 15) is 4.79 Å². The summed E-state index contributed by atoms with van der Waals surface area (Å²) in [6, 6.07) is 3.38. The predicted molar refractivity (Wildman–Crippen MR) is 54.9 cm³/mol. The van der Waals surface area contributed by atoms with Crippen LogP contribution in [0.25, 0.3) is 5.65 Å². The Kier molecular flexibility index (Phi) is 3.07. The maximum Gasteiger partial charge on any atom is 0.357 e. The van der Waals surface area contributed by atoms with Gasteiger partial charge in [-0.25, -0.2) is 14.3 Å². The second-order valence-electron chi connectivity index (χ2n) is 2.35. The van der Waals surface area contributed by atoms with Gasteiger partial charge >= 0.3 is 5.97 Å². The van der Waals surface area contributed by atoms with Crippen molar-refractivity contribution in [3.8, 4) is 0 Å². The van der Waals surface area contributed by atoms with Crippen molar-refractivity contribution in [2.24, 2.45) is 0 Å². The third-order valence-corrected chi connectivity index (χ3v) is 2.25. The Bertz CT molecular complexity index is 485. The van der Waals surface area contributed by atoms with E-state index < -0.39 is 5.97 Å². The van der Waals surface area contributed by atoms with E-state index in [1.807, 2.05) is 0 Å². The molecule has 2 heterocycles. The number of halogens is 2. The van der Waals surface area contributed by atoms with Gasteiger partial charge in [-0.15, -0.1) is 12.4 Å². The lowest BCUT2D eigenvalue weighted by Crippen LogP contribution is -1.97. The summed E-state index contributed by atoms with van der Waals surface area (Å²) in [5.74, 6) is -1.07. The standard InChI is InChI=1S/C7H4BrN3O2.ClH/c8-6-5(7(12)13)10-4-2-1-3-9-11(4)6;/h1-3H,(H,12,13);1H. The van der Waals surface area contributed by atoms with Crippen molar-refractivity contribution in [2.45, 2.75) is 0 Å². The smallest absolute Gasteiger partial charge is 0.357 e. The third kappa shape index (κ3) is 1.58. The molecule has 0 bridgehead atoms. The summed E-state index contributed by atoms with van der Waals surface area (Å²) in [6.45, 7) is 0. The molecule has 2 aromatic heterocycles. The summed E-state index contributed by atoms with van der Waals surface area (Å²) in [4.78, 5) is 14.5. The van der Waals surface area contributed by atoms with E-state index in [2.05, 4.69) is 26.0 Å². The number of hydrogen-bond acceptors (Lipinski definition) is 3. The van der Waals surface area contributed by atoms with Crippen LogP contribution in [0.1, 0.15) is 10.5 Å². The third-order valence-electron chi connectivity index (χ3n) is 1.54. The molecule has 0 atom stereocenters. The molecule has 0 spiro atoms. The Hall–Kier alpha value is -1.14. The van der Waals surface area contributed by atoms with Crippen molar-refractivity contribution >= 4 is 40.0 Å². The monoisotopic (exact) mass is 277 g/mol. The molecule has 1 N–H and O–H groups in total. The van der Waals surface area contributed by atoms with Gasteiger partial charge < -0.3 is 5.11 Å². The van der Waals surface area contributed by atoms with Gasteiger partial charge in [0.25, 0.3) is 0 Å². The van der Waals surface area contributed by atoms with Crippen molar-refractivity contribution in [1.29, 1.82) is 0 Å². The lowest BCUT2D eigenvalue weighted by atomic mass is 10.5. The summed E-state index contributed by atoms with van der Waals surface area (Å²) >= 11 is 3.11. The molecule has 2 aromatic rings. The number of rotatable bonds is 1. The van der Waals surface area contributed by atoms with Gasteiger partial charge in [-0.05, 0) is 28.1 Å². The van der Waals surface area contributed by atoms with E-state index in [0.29, 0.717) is 10.3 Å². The van der Waals surface area contributed by atoms with Crippen LogP contribution in [0.3, 0.4) is 0 Å². The van der Waals surface area contributed by atoms with Crippen molar-refractivity contribution in [3.05, 3.63) is 28.6 Å². The zero-order valence-electron chi connectivity index (χ0n) is 6.72. The minimum Gasteiger partial charge on any atom is -0.476 e. The number of hydrogen-bond donors (Lipinski definition) is 1.